The SMILES string of the molecule is CC(C)(C)c1ccc2c(c1)c1cc(C(C)(C)C)ccc1n2-c1cccc(-n2c3ccc(C(C)(C)C)cc3c3cc(C(C)(C)C)ccc32)c1-c1cccc(-c2nc(-n3c4ccccc4c4ccccc43)nc(-n3c4ccccc4c4ccccc43)n2)c1. The van der Waals surface area contributed by atoms with Crippen LogP contribution < -0.4 is 0 Å². The summed E-state index contributed by atoms with van der Waals surface area (Å²) in [5.41, 5.74) is 18.9. The highest BCUT2D eigenvalue weighted by atomic mass is 15.3. The van der Waals surface area contributed by atoms with E-state index in [9.17, 15) is 0 Å². The molecule has 5 aromatic heterocycles. The molecule has 0 spiro atoms. The normalized spacial score (nSPS) is 12.9. The molecule has 0 amide bonds. The van der Waals surface area contributed by atoms with Gasteiger partial charge in [0, 0.05) is 54.2 Å². The van der Waals surface area contributed by atoms with Crippen molar-refractivity contribution in [1.29, 1.82) is 0 Å². The van der Waals surface area contributed by atoms with Crippen molar-refractivity contribution in [3.05, 3.63) is 235 Å². The van der Waals surface area contributed by atoms with Crippen LogP contribution in [0.4, 0.5) is 0 Å². The van der Waals surface area contributed by atoms with Crippen LogP contribution in [0.1, 0.15) is 105 Å². The molecule has 15 rings (SSSR count). The number of hydrogen-bond donors (Lipinski definition) is 0. The maximum Gasteiger partial charge on any atom is 0.240 e. The Hall–Kier alpha value is -9.59. The highest BCUT2D eigenvalue weighted by Crippen LogP contribution is 2.46. The molecule has 0 radical (unpaired) electrons. The van der Waals surface area contributed by atoms with Crippen molar-refractivity contribution in [2.75, 3.05) is 0 Å². The van der Waals surface area contributed by atoms with Crippen molar-refractivity contribution >= 4 is 87.2 Å². The predicted molar refractivity (Wildman–Crippen MR) is 363 cm³/mol. The number of benzene rings is 10. The van der Waals surface area contributed by atoms with Gasteiger partial charge in [0.25, 0.3) is 0 Å². The molecule has 0 bridgehead atoms. The molecule has 0 N–H and O–H groups in total. The number of hydrogen-bond acceptors (Lipinski definition) is 3. The Morgan fingerprint density at radius 1 is 0.244 bits per heavy atom. The summed E-state index contributed by atoms with van der Waals surface area (Å²) in [5.74, 6) is 1.65. The van der Waals surface area contributed by atoms with Gasteiger partial charge in [0.05, 0.1) is 55.5 Å². The molecule has 15 aromatic rings. The van der Waals surface area contributed by atoms with Gasteiger partial charge < -0.3 is 9.13 Å². The topological polar surface area (TPSA) is 58.4 Å². The Balaban J connectivity index is 1.05. The van der Waals surface area contributed by atoms with Gasteiger partial charge >= 0.3 is 0 Å². The quantitative estimate of drug-likeness (QED) is 0.167. The van der Waals surface area contributed by atoms with Gasteiger partial charge in [-0.05, 0) is 140 Å². The minimum atomic E-state index is -0.0517. The van der Waals surface area contributed by atoms with Crippen molar-refractivity contribution in [2.45, 2.75) is 105 Å². The first-order valence-electron chi connectivity index (χ1n) is 30.4. The summed E-state index contributed by atoms with van der Waals surface area (Å²) in [4.78, 5) is 16.7. The van der Waals surface area contributed by atoms with Crippen LogP contribution in [0.5, 0.6) is 0 Å². The summed E-state index contributed by atoms with van der Waals surface area (Å²) in [6.07, 6.45) is 0. The molecule has 5 heterocycles. The molecule has 7 heteroatoms. The summed E-state index contributed by atoms with van der Waals surface area (Å²) in [7, 11) is 0. The Bertz CT molecular complexity index is 4730. The van der Waals surface area contributed by atoms with Crippen LogP contribution in [0.25, 0.3) is 133 Å². The van der Waals surface area contributed by atoms with Crippen molar-refractivity contribution in [3.8, 4) is 45.8 Å². The molecular formula is C79H71N7. The molecule has 0 aliphatic carbocycles. The summed E-state index contributed by atoms with van der Waals surface area (Å²) in [5, 5.41) is 9.51. The largest absolute Gasteiger partial charge is 0.309 e. The third kappa shape index (κ3) is 8.41. The highest BCUT2D eigenvalue weighted by Gasteiger charge is 2.28. The predicted octanol–water partition coefficient (Wildman–Crippen LogP) is 20.8. The van der Waals surface area contributed by atoms with Crippen molar-refractivity contribution in [1.82, 2.24) is 33.2 Å². The molecule has 7 nitrogen and oxygen atoms in total. The number of fused-ring (bicyclic) bond motifs is 12. The number of nitrogens with zero attached hydrogens (tertiary/aromatic N) is 7. The second-order valence-electron chi connectivity index (χ2n) is 27.8. The van der Waals surface area contributed by atoms with Gasteiger partial charge in [-0.15, -0.1) is 0 Å². The first kappa shape index (κ1) is 53.2. The second-order valence-corrected chi connectivity index (χ2v) is 27.8. The van der Waals surface area contributed by atoms with Crippen LogP contribution in [0.2, 0.25) is 0 Å². The van der Waals surface area contributed by atoms with Crippen LogP contribution >= 0.6 is 0 Å². The van der Waals surface area contributed by atoms with Gasteiger partial charge in [-0.25, -0.2) is 0 Å². The minimum absolute atomic E-state index is 0.0517. The Kier molecular flexibility index (Phi) is 11.7. The van der Waals surface area contributed by atoms with Crippen LogP contribution in [-0.4, -0.2) is 33.2 Å². The number of rotatable bonds is 6. The fourth-order valence-electron chi connectivity index (χ4n) is 13.4. The van der Waals surface area contributed by atoms with E-state index in [1.165, 1.54) is 43.8 Å². The molecule has 86 heavy (non-hydrogen) atoms. The first-order valence-corrected chi connectivity index (χ1v) is 30.4. The molecule has 422 valence electrons. The first-order chi connectivity index (χ1) is 41.2. The lowest BCUT2D eigenvalue weighted by atomic mass is 9.85. The zero-order valence-electron chi connectivity index (χ0n) is 51.3. The van der Waals surface area contributed by atoms with Crippen molar-refractivity contribution in [3.63, 3.8) is 0 Å². The zero-order chi connectivity index (χ0) is 59.3. The summed E-state index contributed by atoms with van der Waals surface area (Å²) in [6, 6.07) is 78.7. The lowest BCUT2D eigenvalue weighted by molar-refractivity contribution is 0.590. The molecule has 0 aliphatic rings. The van der Waals surface area contributed by atoms with Crippen LogP contribution in [0, 0.1) is 0 Å². The maximum absolute atomic E-state index is 5.59. The summed E-state index contributed by atoms with van der Waals surface area (Å²) < 4.78 is 9.48. The maximum atomic E-state index is 5.59. The van der Waals surface area contributed by atoms with E-state index in [0.717, 1.165) is 93.7 Å². The molecule has 0 unspecified atom stereocenters. The van der Waals surface area contributed by atoms with E-state index in [2.05, 4.69) is 314 Å². The van der Waals surface area contributed by atoms with E-state index in [-0.39, 0.29) is 21.7 Å². The highest BCUT2D eigenvalue weighted by molar-refractivity contribution is 6.14. The lowest BCUT2D eigenvalue weighted by Crippen LogP contribution is -2.11. The Morgan fingerprint density at radius 2 is 0.535 bits per heavy atom. The molecule has 0 saturated carbocycles. The summed E-state index contributed by atoms with van der Waals surface area (Å²) in [6.45, 7) is 27.8. The standard InChI is InChI=1S/C79H71N7/c1-76(2,3)50-35-39-66-58(44-50)59-45-51(77(4,5)6)36-40-67(59)83(66)70-33-22-34-71(84-68-41-37-52(78(7,8)9)46-60(68)61-47-53(79(10,11)12)38-42-69(61)84)72(70)48-23-21-24-49(43-48)73-80-74(85-62-29-17-13-25-54(62)55-26-14-18-30-63(55)85)82-75(81-73)86-64-31-19-15-27-56(64)57-28-16-20-32-65(57)86/h13-47H,1-12H3. The zero-order valence-corrected chi connectivity index (χ0v) is 51.3. The van der Waals surface area contributed by atoms with Crippen molar-refractivity contribution in [2.24, 2.45) is 0 Å². The van der Waals surface area contributed by atoms with E-state index >= 15 is 0 Å². The van der Waals surface area contributed by atoms with Gasteiger partial charge in [0.1, 0.15) is 0 Å². The lowest BCUT2D eigenvalue weighted by Gasteiger charge is -2.22. The molecule has 10 aromatic carbocycles. The van der Waals surface area contributed by atoms with Gasteiger partial charge in [-0.3, -0.25) is 9.13 Å². The third-order valence-electron chi connectivity index (χ3n) is 18.1. The van der Waals surface area contributed by atoms with Gasteiger partial charge in [0.2, 0.25) is 11.9 Å². The second kappa shape index (κ2) is 19.0. The third-order valence-corrected chi connectivity index (χ3v) is 18.1. The summed E-state index contributed by atoms with van der Waals surface area (Å²) >= 11 is 0. The fourth-order valence-corrected chi connectivity index (χ4v) is 13.4. The van der Waals surface area contributed by atoms with Gasteiger partial charge in [-0.1, -0.05) is 204 Å². The molecule has 0 aliphatic heterocycles. The average Bonchev–Trinajstić information content (AvgIpc) is 1.89. The van der Waals surface area contributed by atoms with Crippen molar-refractivity contribution < 1.29 is 0 Å². The number of para-hydroxylation sites is 4. The van der Waals surface area contributed by atoms with E-state index in [0.29, 0.717) is 17.7 Å². The Morgan fingerprint density at radius 3 is 0.860 bits per heavy atom. The van der Waals surface area contributed by atoms with Crippen LogP contribution in [0.3, 0.4) is 0 Å². The van der Waals surface area contributed by atoms with Gasteiger partial charge in [-0.2, -0.15) is 15.0 Å². The molecule has 0 atom stereocenters. The van der Waals surface area contributed by atoms with E-state index < -0.39 is 0 Å². The smallest absolute Gasteiger partial charge is 0.240 e. The molecule has 0 saturated heterocycles. The Labute approximate surface area is 502 Å². The molecule has 0 fully saturated rings. The van der Waals surface area contributed by atoms with E-state index in [1.54, 1.807) is 0 Å². The van der Waals surface area contributed by atoms with Gasteiger partial charge in [0.15, 0.2) is 5.82 Å². The van der Waals surface area contributed by atoms with Crippen LogP contribution in [0.15, 0.2) is 212 Å². The van der Waals surface area contributed by atoms with E-state index in [1.807, 2.05) is 0 Å². The minimum Gasteiger partial charge on any atom is -0.309 e. The fraction of sp³-hybridized carbons (Fsp3) is 0.203. The monoisotopic (exact) mass is 1120 g/mol. The number of aromatic nitrogens is 7. The molecular weight excluding hydrogens is 1050 g/mol. The average molecular weight is 1120 g/mol. The van der Waals surface area contributed by atoms with E-state index in [4.69, 9.17) is 15.0 Å². The van der Waals surface area contributed by atoms with Crippen LogP contribution in [-0.2, 0) is 21.7 Å².